The minimum absolute atomic E-state index is 0.0332. The number of hydrogen-bond donors (Lipinski definition) is 2. The molecule has 0 aliphatic rings. The number of carboxylic acids is 1. The maximum atomic E-state index is 10.8. The third-order valence-corrected chi connectivity index (χ3v) is 1.91. The summed E-state index contributed by atoms with van der Waals surface area (Å²) in [6.45, 7) is 0. The van der Waals surface area contributed by atoms with E-state index in [-0.39, 0.29) is 5.56 Å². The van der Waals surface area contributed by atoms with Crippen LogP contribution in [0.5, 0.6) is 0 Å². The first-order valence-electron chi connectivity index (χ1n) is 3.88. The summed E-state index contributed by atoms with van der Waals surface area (Å²) < 4.78 is 0. The summed E-state index contributed by atoms with van der Waals surface area (Å²) in [6, 6.07) is 2.86. The van der Waals surface area contributed by atoms with Gasteiger partial charge in [-0.15, -0.1) is 0 Å². The van der Waals surface area contributed by atoms with E-state index in [1.54, 1.807) is 6.07 Å². The number of fused-ring (bicyclic) bond motifs is 1. The average Bonchev–Trinajstić information content (AvgIpc) is 2.63. The molecule has 0 amide bonds. The lowest BCUT2D eigenvalue weighted by molar-refractivity contribution is 0.0699. The van der Waals surface area contributed by atoms with Gasteiger partial charge in [-0.3, -0.25) is 4.79 Å². The first kappa shape index (κ1) is 8.43. The number of benzene rings is 1. The molecule has 0 aliphatic heterocycles. The molecule has 0 saturated heterocycles. The van der Waals surface area contributed by atoms with Gasteiger partial charge in [0.1, 0.15) is 11.8 Å². The molecule has 1 aromatic carbocycles. The third-order valence-electron chi connectivity index (χ3n) is 1.91. The Hall–Kier alpha value is -2.17. The number of imidazole rings is 1. The third kappa shape index (κ3) is 1.15. The topological polar surface area (TPSA) is 83.1 Å². The number of carboxylic acid groups (broad SMARTS) is 1. The van der Waals surface area contributed by atoms with Crippen molar-refractivity contribution in [3.63, 3.8) is 0 Å². The van der Waals surface area contributed by atoms with Crippen molar-refractivity contribution in [3.05, 3.63) is 29.6 Å². The Kier molecular flexibility index (Phi) is 1.78. The molecule has 5 nitrogen and oxygen atoms in total. The van der Waals surface area contributed by atoms with Crippen LogP contribution < -0.4 is 0 Å². The molecule has 14 heavy (non-hydrogen) atoms. The summed E-state index contributed by atoms with van der Waals surface area (Å²) in [6.07, 6.45) is 2.00. The molecule has 1 heterocycles. The number of nitrogens with one attached hydrogen (secondary N) is 1. The Morgan fingerprint density at radius 2 is 2.29 bits per heavy atom. The van der Waals surface area contributed by atoms with Crippen molar-refractivity contribution in [3.8, 4) is 0 Å². The normalized spacial score (nSPS) is 10.3. The molecule has 0 aliphatic carbocycles. The van der Waals surface area contributed by atoms with Crippen LogP contribution in [0.15, 0.2) is 18.5 Å². The van der Waals surface area contributed by atoms with E-state index >= 15 is 0 Å². The standard InChI is InChI=1S/C9H6N2O3/c12-3-5-1-6(9(13)14)8-7(2-5)10-4-11-8/h1-4H,(H,10,11)(H,13,14). The second-order valence-electron chi connectivity index (χ2n) is 2.79. The van der Waals surface area contributed by atoms with Crippen molar-refractivity contribution < 1.29 is 14.7 Å². The van der Waals surface area contributed by atoms with E-state index < -0.39 is 5.97 Å². The van der Waals surface area contributed by atoms with Crippen LogP contribution in [0.3, 0.4) is 0 Å². The van der Waals surface area contributed by atoms with Crippen LogP contribution >= 0.6 is 0 Å². The Bertz CT molecular complexity index is 516. The first-order chi connectivity index (χ1) is 6.72. The largest absolute Gasteiger partial charge is 0.478 e. The molecule has 0 atom stereocenters. The fourth-order valence-corrected chi connectivity index (χ4v) is 1.30. The van der Waals surface area contributed by atoms with Gasteiger partial charge in [-0.2, -0.15) is 0 Å². The summed E-state index contributed by atoms with van der Waals surface area (Å²) in [4.78, 5) is 28.0. The molecule has 2 aromatic rings. The Labute approximate surface area is 78.4 Å². The highest BCUT2D eigenvalue weighted by atomic mass is 16.4. The molecule has 0 saturated carbocycles. The zero-order chi connectivity index (χ0) is 10.1. The van der Waals surface area contributed by atoms with Crippen molar-refractivity contribution in [1.29, 1.82) is 0 Å². The lowest BCUT2D eigenvalue weighted by atomic mass is 10.1. The van der Waals surface area contributed by atoms with Crippen molar-refractivity contribution in [2.75, 3.05) is 0 Å². The van der Waals surface area contributed by atoms with Crippen LogP contribution in [0.25, 0.3) is 11.0 Å². The predicted octanol–water partition coefficient (Wildman–Crippen LogP) is 1.07. The minimum atomic E-state index is -1.09. The number of carbonyl (C=O) groups is 2. The van der Waals surface area contributed by atoms with E-state index in [0.717, 1.165) is 0 Å². The molecule has 0 fully saturated rings. The second-order valence-corrected chi connectivity index (χ2v) is 2.79. The number of aromatic amines is 1. The van der Waals surface area contributed by atoms with Crippen LogP contribution in [0.1, 0.15) is 20.7 Å². The van der Waals surface area contributed by atoms with E-state index in [1.165, 1.54) is 12.4 Å². The number of aromatic carboxylic acids is 1. The fraction of sp³-hybridized carbons (Fsp3) is 0. The summed E-state index contributed by atoms with van der Waals surface area (Å²) in [5, 5.41) is 8.85. The molecule has 70 valence electrons. The molecule has 5 heteroatoms. The molecule has 2 N–H and O–H groups in total. The minimum Gasteiger partial charge on any atom is -0.478 e. The number of nitrogens with zero attached hydrogens (tertiary/aromatic N) is 1. The van der Waals surface area contributed by atoms with Gasteiger partial charge in [0.2, 0.25) is 0 Å². The summed E-state index contributed by atoms with van der Waals surface area (Å²) in [5.41, 5.74) is 1.26. The molecular weight excluding hydrogens is 184 g/mol. The number of aldehydes is 1. The van der Waals surface area contributed by atoms with Crippen molar-refractivity contribution >= 4 is 23.3 Å². The second kappa shape index (κ2) is 2.95. The van der Waals surface area contributed by atoms with Gasteiger partial charge in [0, 0.05) is 5.56 Å². The zero-order valence-electron chi connectivity index (χ0n) is 7.02. The lowest BCUT2D eigenvalue weighted by Gasteiger charge is -1.97. The van der Waals surface area contributed by atoms with Gasteiger partial charge in [0.15, 0.2) is 0 Å². The molecule has 2 rings (SSSR count). The number of hydrogen-bond acceptors (Lipinski definition) is 3. The van der Waals surface area contributed by atoms with Gasteiger partial charge in [0.25, 0.3) is 0 Å². The van der Waals surface area contributed by atoms with E-state index in [9.17, 15) is 9.59 Å². The van der Waals surface area contributed by atoms with E-state index in [2.05, 4.69) is 9.97 Å². The Balaban J connectivity index is 2.83. The average molecular weight is 190 g/mol. The van der Waals surface area contributed by atoms with Crippen molar-refractivity contribution in [2.45, 2.75) is 0 Å². The molecule has 0 radical (unpaired) electrons. The highest BCUT2D eigenvalue weighted by Gasteiger charge is 2.11. The summed E-state index contributed by atoms with van der Waals surface area (Å²) >= 11 is 0. The van der Waals surface area contributed by atoms with Crippen LogP contribution in [0, 0.1) is 0 Å². The van der Waals surface area contributed by atoms with Crippen LogP contribution in [0.4, 0.5) is 0 Å². The SMILES string of the molecule is O=Cc1cc(C(=O)O)c2nc[nH]c2c1. The zero-order valence-corrected chi connectivity index (χ0v) is 7.02. The summed E-state index contributed by atoms with van der Waals surface area (Å²) in [7, 11) is 0. The molecule has 0 bridgehead atoms. The summed E-state index contributed by atoms with van der Waals surface area (Å²) in [5.74, 6) is -1.09. The number of rotatable bonds is 2. The molecule has 1 aromatic heterocycles. The highest BCUT2D eigenvalue weighted by molar-refractivity contribution is 6.03. The van der Waals surface area contributed by atoms with Crippen LogP contribution in [0.2, 0.25) is 0 Å². The molecule has 0 unspecified atom stereocenters. The van der Waals surface area contributed by atoms with Crippen molar-refractivity contribution in [2.24, 2.45) is 0 Å². The van der Waals surface area contributed by atoms with Gasteiger partial charge in [-0.25, -0.2) is 9.78 Å². The number of aromatic nitrogens is 2. The fourth-order valence-electron chi connectivity index (χ4n) is 1.30. The maximum absolute atomic E-state index is 10.8. The Morgan fingerprint density at radius 3 is 2.93 bits per heavy atom. The van der Waals surface area contributed by atoms with E-state index in [4.69, 9.17) is 5.11 Å². The van der Waals surface area contributed by atoms with Gasteiger partial charge < -0.3 is 10.1 Å². The lowest BCUT2D eigenvalue weighted by Crippen LogP contribution is -1.99. The highest BCUT2D eigenvalue weighted by Crippen LogP contribution is 2.16. The van der Waals surface area contributed by atoms with Gasteiger partial charge in [0.05, 0.1) is 17.4 Å². The van der Waals surface area contributed by atoms with Gasteiger partial charge in [-0.1, -0.05) is 0 Å². The van der Waals surface area contributed by atoms with E-state index in [1.807, 2.05) is 0 Å². The van der Waals surface area contributed by atoms with E-state index in [0.29, 0.717) is 22.9 Å². The Morgan fingerprint density at radius 1 is 1.50 bits per heavy atom. The first-order valence-corrected chi connectivity index (χ1v) is 3.88. The van der Waals surface area contributed by atoms with Gasteiger partial charge >= 0.3 is 5.97 Å². The maximum Gasteiger partial charge on any atom is 0.338 e. The molecular formula is C9H6N2O3. The number of H-pyrrole nitrogens is 1. The van der Waals surface area contributed by atoms with Crippen molar-refractivity contribution in [1.82, 2.24) is 9.97 Å². The van der Waals surface area contributed by atoms with Crippen LogP contribution in [-0.2, 0) is 0 Å². The van der Waals surface area contributed by atoms with Gasteiger partial charge in [-0.05, 0) is 12.1 Å². The predicted molar refractivity (Wildman–Crippen MR) is 48.4 cm³/mol. The monoisotopic (exact) mass is 190 g/mol. The molecule has 0 spiro atoms. The van der Waals surface area contributed by atoms with Crippen LogP contribution in [-0.4, -0.2) is 27.3 Å². The quantitative estimate of drug-likeness (QED) is 0.694. The number of carbonyl (C=O) groups excluding carboxylic acids is 1. The smallest absolute Gasteiger partial charge is 0.338 e.